The Morgan fingerprint density at radius 3 is 1.90 bits per heavy atom. The van der Waals surface area contributed by atoms with Gasteiger partial charge in [-0.1, -0.05) is 77.8 Å². The van der Waals surface area contributed by atoms with E-state index < -0.39 is 0 Å². The van der Waals surface area contributed by atoms with Crippen molar-refractivity contribution in [1.82, 2.24) is 0 Å². The first-order valence-corrected chi connectivity index (χ1v) is 11.1. The van der Waals surface area contributed by atoms with E-state index in [0.717, 1.165) is 15.8 Å². The molecule has 1 nitrogen and oxygen atoms in total. The molecule has 0 bridgehead atoms. The average molecular weight is 454 g/mol. The van der Waals surface area contributed by atoms with E-state index >= 15 is 0 Å². The molecule has 0 heterocycles. The van der Waals surface area contributed by atoms with Gasteiger partial charge in [0.1, 0.15) is 0 Å². The second-order valence-electron chi connectivity index (χ2n) is 8.55. The van der Waals surface area contributed by atoms with Crippen LogP contribution >= 0.6 is 15.9 Å². The van der Waals surface area contributed by atoms with Gasteiger partial charge < -0.3 is 4.90 Å². The molecule has 0 saturated carbocycles. The van der Waals surface area contributed by atoms with E-state index in [0.29, 0.717) is 0 Å². The molecule has 30 heavy (non-hydrogen) atoms. The Morgan fingerprint density at radius 2 is 1.20 bits per heavy atom. The van der Waals surface area contributed by atoms with Crippen molar-refractivity contribution < 1.29 is 0 Å². The Balaban J connectivity index is 1.69. The van der Waals surface area contributed by atoms with Crippen molar-refractivity contribution in [3.8, 4) is 11.1 Å². The van der Waals surface area contributed by atoms with Gasteiger partial charge in [0.2, 0.25) is 0 Å². The maximum atomic E-state index is 3.57. The Morgan fingerprint density at radius 1 is 0.633 bits per heavy atom. The third-order valence-electron chi connectivity index (χ3n) is 6.20. The highest BCUT2D eigenvalue weighted by atomic mass is 79.9. The van der Waals surface area contributed by atoms with Crippen LogP contribution in [0.3, 0.4) is 0 Å². The van der Waals surface area contributed by atoms with Gasteiger partial charge in [0.15, 0.2) is 0 Å². The number of benzene rings is 4. The molecule has 0 fully saturated rings. The third-order valence-corrected chi connectivity index (χ3v) is 6.73. The maximum Gasteiger partial charge on any atom is 0.0465 e. The number of hydrogen-bond acceptors (Lipinski definition) is 1. The number of nitrogens with zero attached hydrogens (tertiary/aromatic N) is 1. The number of aryl methyl sites for hydroxylation is 1. The molecule has 0 saturated heterocycles. The first kappa shape index (κ1) is 19.1. The normalized spacial score (nSPS) is 13.6. The van der Waals surface area contributed by atoms with Gasteiger partial charge in [0, 0.05) is 26.9 Å². The fourth-order valence-corrected chi connectivity index (χ4v) is 4.83. The summed E-state index contributed by atoms with van der Waals surface area (Å²) in [6, 6.07) is 33.0. The molecule has 0 aromatic heterocycles. The van der Waals surface area contributed by atoms with Crippen molar-refractivity contribution in [3.05, 3.63) is 112 Å². The van der Waals surface area contributed by atoms with Crippen molar-refractivity contribution in [1.29, 1.82) is 0 Å². The van der Waals surface area contributed by atoms with Crippen LogP contribution in [-0.4, -0.2) is 0 Å². The number of halogens is 1. The Kier molecular flexibility index (Phi) is 4.56. The van der Waals surface area contributed by atoms with Crippen LogP contribution in [0.5, 0.6) is 0 Å². The van der Waals surface area contributed by atoms with Crippen LogP contribution < -0.4 is 4.90 Å². The highest BCUT2D eigenvalue weighted by molar-refractivity contribution is 9.10. The quantitative estimate of drug-likeness (QED) is 0.300. The first-order chi connectivity index (χ1) is 14.4. The fourth-order valence-electron chi connectivity index (χ4n) is 4.56. The van der Waals surface area contributed by atoms with Gasteiger partial charge in [0.25, 0.3) is 0 Å². The van der Waals surface area contributed by atoms with Gasteiger partial charge in [-0.15, -0.1) is 0 Å². The van der Waals surface area contributed by atoms with E-state index in [4.69, 9.17) is 0 Å². The molecule has 0 unspecified atom stereocenters. The average Bonchev–Trinajstić information content (AvgIpc) is 2.98. The van der Waals surface area contributed by atoms with Gasteiger partial charge in [-0.3, -0.25) is 0 Å². The fraction of sp³-hybridized carbons (Fsp3) is 0.143. The van der Waals surface area contributed by atoms with Crippen molar-refractivity contribution in [3.63, 3.8) is 0 Å². The number of fused-ring (bicyclic) bond motifs is 3. The van der Waals surface area contributed by atoms with Gasteiger partial charge in [-0.25, -0.2) is 0 Å². The zero-order valence-electron chi connectivity index (χ0n) is 17.5. The minimum absolute atomic E-state index is 0.0133. The predicted octanol–water partition coefficient (Wildman–Crippen LogP) is 8.53. The molecule has 5 rings (SSSR count). The molecular weight excluding hydrogens is 430 g/mol. The molecule has 0 spiro atoms. The molecule has 1 aliphatic rings. The summed E-state index contributed by atoms with van der Waals surface area (Å²) in [7, 11) is 0. The van der Waals surface area contributed by atoms with Gasteiger partial charge in [-0.2, -0.15) is 0 Å². The molecule has 148 valence electrons. The van der Waals surface area contributed by atoms with Crippen LogP contribution in [0.1, 0.15) is 30.5 Å². The van der Waals surface area contributed by atoms with Crippen LogP contribution in [0.15, 0.2) is 95.5 Å². The van der Waals surface area contributed by atoms with Gasteiger partial charge in [-0.05, 0) is 77.7 Å². The van der Waals surface area contributed by atoms with Crippen LogP contribution in [0.25, 0.3) is 11.1 Å². The predicted molar refractivity (Wildman–Crippen MR) is 131 cm³/mol. The summed E-state index contributed by atoms with van der Waals surface area (Å²) in [4.78, 5) is 2.34. The second kappa shape index (κ2) is 7.14. The minimum Gasteiger partial charge on any atom is -0.310 e. The van der Waals surface area contributed by atoms with Crippen LogP contribution in [0.4, 0.5) is 17.1 Å². The summed E-state index contributed by atoms with van der Waals surface area (Å²) >= 11 is 3.57. The van der Waals surface area contributed by atoms with E-state index in [1.54, 1.807) is 0 Å². The molecule has 1 aliphatic carbocycles. The van der Waals surface area contributed by atoms with E-state index in [1.807, 2.05) is 0 Å². The first-order valence-electron chi connectivity index (χ1n) is 10.3. The lowest BCUT2D eigenvalue weighted by atomic mass is 9.82. The van der Waals surface area contributed by atoms with Crippen molar-refractivity contribution >= 4 is 33.0 Å². The second-order valence-corrected chi connectivity index (χ2v) is 9.46. The number of anilines is 3. The monoisotopic (exact) mass is 453 g/mol. The Bertz CT molecular complexity index is 1170. The molecule has 4 aromatic carbocycles. The van der Waals surface area contributed by atoms with Gasteiger partial charge in [0.05, 0.1) is 0 Å². The number of rotatable bonds is 3. The highest BCUT2D eigenvalue weighted by Crippen LogP contribution is 2.50. The summed E-state index contributed by atoms with van der Waals surface area (Å²) in [5.41, 5.74) is 10.2. The standard InChI is InChI=1S/C28H24BrN/c1-19-8-12-21(13-9-19)30(22-14-10-20(29)11-15-22)23-16-17-25-24-6-4-5-7-26(24)28(2,3)27(25)18-23/h4-18H,1-3H3. The van der Waals surface area contributed by atoms with Crippen LogP contribution in [0.2, 0.25) is 0 Å². The van der Waals surface area contributed by atoms with E-state index in [-0.39, 0.29) is 5.41 Å². The number of hydrogen-bond donors (Lipinski definition) is 0. The lowest BCUT2D eigenvalue weighted by molar-refractivity contribution is 0.660. The largest absolute Gasteiger partial charge is 0.310 e. The lowest BCUT2D eigenvalue weighted by Crippen LogP contribution is -2.16. The van der Waals surface area contributed by atoms with Crippen LogP contribution in [-0.2, 0) is 5.41 Å². The molecule has 2 heteroatoms. The minimum atomic E-state index is -0.0133. The molecule has 0 radical (unpaired) electrons. The molecule has 0 N–H and O–H groups in total. The van der Waals surface area contributed by atoms with Gasteiger partial charge >= 0.3 is 0 Å². The van der Waals surface area contributed by atoms with Crippen molar-refractivity contribution in [2.45, 2.75) is 26.2 Å². The third kappa shape index (κ3) is 3.07. The smallest absolute Gasteiger partial charge is 0.0465 e. The van der Waals surface area contributed by atoms with Crippen LogP contribution in [0, 0.1) is 6.92 Å². The summed E-state index contributed by atoms with van der Waals surface area (Å²) in [5, 5.41) is 0. The zero-order chi connectivity index (χ0) is 20.9. The zero-order valence-corrected chi connectivity index (χ0v) is 19.1. The topological polar surface area (TPSA) is 3.24 Å². The summed E-state index contributed by atoms with van der Waals surface area (Å²) in [6.45, 7) is 6.79. The van der Waals surface area contributed by atoms with Crippen molar-refractivity contribution in [2.24, 2.45) is 0 Å². The van der Waals surface area contributed by atoms with Crippen molar-refractivity contribution in [2.75, 3.05) is 4.90 Å². The Hall–Kier alpha value is -2.84. The van der Waals surface area contributed by atoms with E-state index in [9.17, 15) is 0 Å². The summed E-state index contributed by atoms with van der Waals surface area (Å²) in [6.07, 6.45) is 0. The molecular formula is C28H24BrN. The summed E-state index contributed by atoms with van der Waals surface area (Å²) in [5.74, 6) is 0. The lowest BCUT2D eigenvalue weighted by Gasteiger charge is -2.28. The van der Waals surface area contributed by atoms with E-state index in [2.05, 4.69) is 133 Å². The maximum absolute atomic E-state index is 3.57. The molecule has 0 aliphatic heterocycles. The highest BCUT2D eigenvalue weighted by Gasteiger charge is 2.35. The summed E-state index contributed by atoms with van der Waals surface area (Å²) < 4.78 is 1.08. The molecule has 0 amide bonds. The molecule has 0 atom stereocenters. The molecule has 4 aromatic rings. The Labute approximate surface area is 187 Å². The SMILES string of the molecule is Cc1ccc(N(c2ccc(Br)cc2)c2ccc3c(c2)C(C)(C)c2ccccc2-3)cc1. The van der Waals surface area contributed by atoms with E-state index in [1.165, 1.54) is 33.5 Å².